The highest BCUT2D eigenvalue weighted by atomic mass is 32.1. The molecule has 0 bridgehead atoms. The van der Waals surface area contributed by atoms with Crippen LogP contribution >= 0.6 is 11.3 Å². The molecule has 32 heavy (non-hydrogen) atoms. The summed E-state index contributed by atoms with van der Waals surface area (Å²) < 4.78 is 7.07. The molecule has 2 heterocycles. The maximum atomic E-state index is 13.5. The van der Waals surface area contributed by atoms with E-state index in [0.717, 1.165) is 16.9 Å². The Hall–Kier alpha value is -3.78. The van der Waals surface area contributed by atoms with Gasteiger partial charge in [-0.25, -0.2) is 14.6 Å². The van der Waals surface area contributed by atoms with Gasteiger partial charge in [0.15, 0.2) is 4.80 Å². The first-order valence-electron chi connectivity index (χ1n) is 9.99. The van der Waals surface area contributed by atoms with Crippen molar-refractivity contribution in [3.8, 4) is 0 Å². The number of nitrogens with zero attached hydrogens (tertiary/aromatic N) is 2. The summed E-state index contributed by atoms with van der Waals surface area (Å²) in [5.74, 6) is -1.60. The summed E-state index contributed by atoms with van der Waals surface area (Å²) in [5.41, 5.74) is 1.71. The molecule has 1 N–H and O–H groups in total. The summed E-state index contributed by atoms with van der Waals surface area (Å²) in [4.78, 5) is 42.8. The Morgan fingerprint density at radius 2 is 1.84 bits per heavy atom. The van der Waals surface area contributed by atoms with Crippen molar-refractivity contribution in [2.24, 2.45) is 4.99 Å². The number of aromatic carboxylic acids is 1. The third kappa shape index (κ3) is 3.80. The fraction of sp³-hybridized carbons (Fsp3) is 0.167. The Morgan fingerprint density at radius 3 is 2.53 bits per heavy atom. The van der Waals surface area contributed by atoms with Crippen molar-refractivity contribution >= 4 is 29.4 Å². The minimum atomic E-state index is -1.08. The molecule has 0 radical (unpaired) electrons. The molecule has 8 heteroatoms. The minimum Gasteiger partial charge on any atom is -0.478 e. The maximum absolute atomic E-state index is 13.5. The van der Waals surface area contributed by atoms with Crippen molar-refractivity contribution in [3.05, 3.63) is 102 Å². The number of allylic oxidation sites excluding steroid dienone is 1. The molecule has 4 rings (SSSR count). The SMILES string of the molecule is CCOC(=O)C1=C(C)N=c2s/c(=C/c3ccccc3C(=O)O)c(=O)n2C1c1ccccc1. The molecule has 3 aromatic rings. The lowest BCUT2D eigenvalue weighted by Crippen LogP contribution is -2.39. The van der Waals surface area contributed by atoms with Crippen LogP contribution in [0, 0.1) is 0 Å². The minimum absolute atomic E-state index is 0.0985. The van der Waals surface area contributed by atoms with E-state index in [1.54, 1.807) is 38.1 Å². The predicted octanol–water partition coefficient (Wildman–Crippen LogP) is 2.50. The number of benzene rings is 2. The lowest BCUT2D eigenvalue weighted by Gasteiger charge is -2.24. The van der Waals surface area contributed by atoms with Crippen LogP contribution in [0.2, 0.25) is 0 Å². The molecule has 1 aliphatic rings. The van der Waals surface area contributed by atoms with E-state index < -0.39 is 18.0 Å². The van der Waals surface area contributed by atoms with Crippen LogP contribution in [0.4, 0.5) is 0 Å². The lowest BCUT2D eigenvalue weighted by molar-refractivity contribution is -0.139. The number of esters is 1. The number of carboxylic acid groups (broad SMARTS) is 1. The van der Waals surface area contributed by atoms with Crippen LogP contribution in [-0.4, -0.2) is 28.2 Å². The fourth-order valence-corrected chi connectivity index (χ4v) is 4.74. The summed E-state index contributed by atoms with van der Waals surface area (Å²) in [6.07, 6.45) is 1.55. The van der Waals surface area contributed by atoms with Crippen molar-refractivity contribution in [2.45, 2.75) is 19.9 Å². The van der Waals surface area contributed by atoms with Crippen molar-refractivity contribution in [3.63, 3.8) is 0 Å². The molecule has 1 atom stereocenters. The van der Waals surface area contributed by atoms with Crippen LogP contribution in [0.25, 0.3) is 6.08 Å². The molecular weight excluding hydrogens is 428 g/mol. The van der Waals surface area contributed by atoms with Crippen LogP contribution in [0.3, 0.4) is 0 Å². The van der Waals surface area contributed by atoms with Crippen LogP contribution in [-0.2, 0) is 9.53 Å². The lowest BCUT2D eigenvalue weighted by atomic mass is 9.96. The molecule has 2 aromatic carbocycles. The van der Waals surface area contributed by atoms with E-state index in [4.69, 9.17) is 4.74 Å². The van der Waals surface area contributed by atoms with Gasteiger partial charge in [0.2, 0.25) is 0 Å². The van der Waals surface area contributed by atoms with Crippen molar-refractivity contribution in [2.75, 3.05) is 6.61 Å². The molecule has 1 unspecified atom stereocenters. The quantitative estimate of drug-likeness (QED) is 0.605. The number of carbonyl (C=O) groups is 2. The first-order chi connectivity index (χ1) is 15.4. The molecule has 0 saturated heterocycles. The monoisotopic (exact) mass is 448 g/mol. The van der Waals surface area contributed by atoms with E-state index in [9.17, 15) is 19.5 Å². The van der Waals surface area contributed by atoms with Gasteiger partial charge in [0.25, 0.3) is 5.56 Å². The van der Waals surface area contributed by atoms with Gasteiger partial charge in [-0.1, -0.05) is 59.9 Å². The summed E-state index contributed by atoms with van der Waals surface area (Å²) in [5, 5.41) is 9.47. The van der Waals surface area contributed by atoms with Gasteiger partial charge in [0, 0.05) is 0 Å². The number of aromatic nitrogens is 1. The zero-order valence-electron chi connectivity index (χ0n) is 17.4. The maximum Gasteiger partial charge on any atom is 0.338 e. The molecule has 0 spiro atoms. The summed E-state index contributed by atoms with van der Waals surface area (Å²) in [6, 6.07) is 15.0. The van der Waals surface area contributed by atoms with E-state index in [-0.39, 0.29) is 17.7 Å². The Bertz CT molecular complexity index is 1420. The van der Waals surface area contributed by atoms with Crippen molar-refractivity contribution < 1.29 is 19.4 Å². The third-order valence-electron chi connectivity index (χ3n) is 5.11. The Morgan fingerprint density at radius 1 is 1.16 bits per heavy atom. The highest BCUT2D eigenvalue weighted by Crippen LogP contribution is 2.30. The average Bonchev–Trinajstić information content (AvgIpc) is 3.08. The standard InChI is InChI=1S/C24H20N2O5S/c1-3-31-23(30)19-14(2)25-24-26(20(19)15-9-5-4-6-10-15)21(27)18(32-24)13-16-11-7-8-12-17(16)22(28)29/h4-13,20H,3H2,1-2H3,(H,28,29)/b18-13+. The number of rotatable bonds is 5. The molecule has 0 amide bonds. The molecule has 162 valence electrons. The Balaban J connectivity index is 1.97. The summed E-state index contributed by atoms with van der Waals surface area (Å²) in [7, 11) is 0. The van der Waals surface area contributed by atoms with Gasteiger partial charge >= 0.3 is 11.9 Å². The normalized spacial score (nSPS) is 15.8. The zero-order chi connectivity index (χ0) is 22.8. The number of carboxylic acids is 1. The van der Waals surface area contributed by atoms with Crippen LogP contribution < -0.4 is 14.9 Å². The highest BCUT2D eigenvalue weighted by molar-refractivity contribution is 7.07. The number of thiazole rings is 1. The first-order valence-corrected chi connectivity index (χ1v) is 10.8. The molecular formula is C24H20N2O5S. The summed E-state index contributed by atoms with van der Waals surface area (Å²) in [6.45, 7) is 3.65. The summed E-state index contributed by atoms with van der Waals surface area (Å²) >= 11 is 1.16. The van der Waals surface area contributed by atoms with E-state index in [2.05, 4.69) is 4.99 Å². The number of fused-ring (bicyclic) bond motifs is 1. The number of hydrogen-bond donors (Lipinski definition) is 1. The Labute approximate surface area is 187 Å². The molecule has 0 saturated carbocycles. The van der Waals surface area contributed by atoms with Gasteiger partial charge in [0.05, 0.1) is 34.0 Å². The largest absolute Gasteiger partial charge is 0.478 e. The second-order valence-corrected chi connectivity index (χ2v) is 8.11. The Kier molecular flexibility index (Phi) is 5.87. The van der Waals surface area contributed by atoms with Crippen LogP contribution in [0.15, 0.2) is 75.7 Å². The zero-order valence-corrected chi connectivity index (χ0v) is 18.3. The third-order valence-corrected chi connectivity index (χ3v) is 6.09. The van der Waals surface area contributed by atoms with Gasteiger partial charge in [0.1, 0.15) is 0 Å². The highest BCUT2D eigenvalue weighted by Gasteiger charge is 2.33. The van der Waals surface area contributed by atoms with E-state index in [1.165, 1.54) is 10.6 Å². The van der Waals surface area contributed by atoms with Crippen molar-refractivity contribution in [1.29, 1.82) is 0 Å². The van der Waals surface area contributed by atoms with Gasteiger partial charge in [-0.05, 0) is 37.1 Å². The van der Waals surface area contributed by atoms with Crippen LogP contribution in [0.1, 0.15) is 41.4 Å². The first kappa shape index (κ1) is 21.5. The molecule has 7 nitrogen and oxygen atoms in total. The predicted molar refractivity (Wildman–Crippen MR) is 120 cm³/mol. The van der Waals surface area contributed by atoms with E-state index in [1.807, 2.05) is 30.3 Å². The van der Waals surface area contributed by atoms with Gasteiger partial charge < -0.3 is 9.84 Å². The van der Waals surface area contributed by atoms with Gasteiger partial charge in [-0.2, -0.15) is 0 Å². The second-order valence-electron chi connectivity index (χ2n) is 7.11. The van der Waals surface area contributed by atoms with Gasteiger partial charge in [-0.15, -0.1) is 0 Å². The van der Waals surface area contributed by atoms with E-state index in [0.29, 0.717) is 26.2 Å². The van der Waals surface area contributed by atoms with Crippen LogP contribution in [0.5, 0.6) is 0 Å². The second kappa shape index (κ2) is 8.76. The average molecular weight is 449 g/mol. The topological polar surface area (TPSA) is 98.0 Å². The van der Waals surface area contributed by atoms with Crippen molar-refractivity contribution in [1.82, 2.24) is 4.57 Å². The molecule has 0 fully saturated rings. The number of carbonyl (C=O) groups excluding carboxylic acids is 1. The number of ether oxygens (including phenoxy) is 1. The smallest absolute Gasteiger partial charge is 0.338 e. The number of hydrogen-bond acceptors (Lipinski definition) is 6. The van der Waals surface area contributed by atoms with E-state index >= 15 is 0 Å². The van der Waals surface area contributed by atoms with Gasteiger partial charge in [-0.3, -0.25) is 9.36 Å². The fourth-order valence-electron chi connectivity index (χ4n) is 3.70. The molecule has 0 aliphatic carbocycles. The molecule has 1 aromatic heterocycles. The molecule has 1 aliphatic heterocycles.